The highest BCUT2D eigenvalue weighted by Gasteiger charge is 2.12. The molecule has 0 aliphatic heterocycles. The van der Waals surface area contributed by atoms with Gasteiger partial charge in [-0.3, -0.25) is 9.48 Å². The summed E-state index contributed by atoms with van der Waals surface area (Å²) >= 11 is 6.53. The Balaban J connectivity index is 1.99. The summed E-state index contributed by atoms with van der Waals surface area (Å²) in [6.07, 6.45) is 0.363. The molecule has 0 bridgehead atoms. The van der Waals surface area contributed by atoms with Gasteiger partial charge < -0.3 is 10.3 Å². The summed E-state index contributed by atoms with van der Waals surface area (Å²) in [7, 11) is 1.91. The molecule has 5 nitrogen and oxygen atoms in total. The molecule has 2 heterocycles. The van der Waals surface area contributed by atoms with E-state index in [0.29, 0.717) is 16.9 Å². The van der Waals surface area contributed by atoms with Crippen molar-refractivity contribution in [2.24, 2.45) is 7.05 Å². The summed E-state index contributed by atoms with van der Waals surface area (Å²) in [5.41, 5.74) is 4.10. The number of thiazole rings is 1. The van der Waals surface area contributed by atoms with E-state index in [9.17, 15) is 4.79 Å². The van der Waals surface area contributed by atoms with Gasteiger partial charge in [0.05, 0.1) is 12.1 Å². The lowest BCUT2D eigenvalue weighted by Crippen LogP contribution is -2.25. The number of carbonyl (C=O) groups excluding carboxylic acids is 1. The predicted molar refractivity (Wildman–Crippen MR) is 82.5 cm³/mol. The zero-order valence-electron chi connectivity index (χ0n) is 12.0. The number of hydrogen-bond donors (Lipinski definition) is 2. The molecule has 108 valence electrons. The quantitative estimate of drug-likeness (QED) is 0.852. The number of aromatic amines is 1. The summed E-state index contributed by atoms with van der Waals surface area (Å²) in [4.78, 5) is 16.0. The van der Waals surface area contributed by atoms with Gasteiger partial charge in [0.2, 0.25) is 5.91 Å². The molecule has 0 saturated heterocycles. The van der Waals surface area contributed by atoms with E-state index in [1.54, 1.807) is 0 Å². The van der Waals surface area contributed by atoms with Crippen LogP contribution in [0.1, 0.15) is 27.5 Å². The van der Waals surface area contributed by atoms with Crippen LogP contribution in [0.3, 0.4) is 0 Å². The Labute approximate surface area is 127 Å². The molecule has 0 radical (unpaired) electrons. The maximum absolute atomic E-state index is 12.0. The maximum atomic E-state index is 12.0. The van der Waals surface area contributed by atoms with E-state index < -0.39 is 0 Å². The van der Waals surface area contributed by atoms with Crippen LogP contribution in [-0.2, 0) is 24.8 Å². The van der Waals surface area contributed by atoms with E-state index >= 15 is 0 Å². The Bertz CT molecular complexity index is 696. The van der Waals surface area contributed by atoms with E-state index in [4.69, 9.17) is 12.2 Å². The van der Waals surface area contributed by atoms with E-state index in [0.717, 1.165) is 27.5 Å². The minimum atomic E-state index is 0.000929. The molecular weight excluding hydrogens is 292 g/mol. The molecule has 0 aromatic carbocycles. The van der Waals surface area contributed by atoms with Crippen molar-refractivity contribution in [3.63, 3.8) is 0 Å². The molecule has 7 heteroatoms. The van der Waals surface area contributed by atoms with Gasteiger partial charge in [0.25, 0.3) is 0 Å². The van der Waals surface area contributed by atoms with Crippen LogP contribution in [-0.4, -0.2) is 20.7 Å². The van der Waals surface area contributed by atoms with Gasteiger partial charge in [-0.15, -0.1) is 11.3 Å². The number of amides is 1. The van der Waals surface area contributed by atoms with Crippen molar-refractivity contribution in [3.8, 4) is 0 Å². The summed E-state index contributed by atoms with van der Waals surface area (Å²) in [5.74, 6) is 0.000929. The first kappa shape index (κ1) is 14.9. The monoisotopic (exact) mass is 310 g/mol. The summed E-state index contributed by atoms with van der Waals surface area (Å²) in [6.45, 7) is 6.41. The van der Waals surface area contributed by atoms with Crippen molar-refractivity contribution >= 4 is 29.5 Å². The average molecular weight is 310 g/mol. The second-order valence-electron chi connectivity index (χ2n) is 4.79. The van der Waals surface area contributed by atoms with Gasteiger partial charge in [0, 0.05) is 35.4 Å². The number of rotatable bonds is 4. The molecule has 1 amide bonds. The van der Waals surface area contributed by atoms with Gasteiger partial charge in [-0.1, -0.05) is 0 Å². The lowest BCUT2D eigenvalue weighted by Gasteiger charge is -2.05. The van der Waals surface area contributed by atoms with E-state index in [1.807, 2.05) is 32.5 Å². The van der Waals surface area contributed by atoms with Gasteiger partial charge in [0.15, 0.2) is 3.95 Å². The Morgan fingerprint density at radius 1 is 1.45 bits per heavy atom. The molecule has 2 N–H and O–H groups in total. The van der Waals surface area contributed by atoms with Crippen LogP contribution in [0.2, 0.25) is 0 Å². The van der Waals surface area contributed by atoms with E-state index in [-0.39, 0.29) is 5.91 Å². The van der Waals surface area contributed by atoms with Crippen LogP contribution >= 0.6 is 23.6 Å². The molecule has 0 fully saturated rings. The van der Waals surface area contributed by atoms with Gasteiger partial charge in [-0.2, -0.15) is 5.10 Å². The van der Waals surface area contributed by atoms with E-state index in [2.05, 4.69) is 15.4 Å². The highest BCUT2D eigenvalue weighted by atomic mass is 32.1. The number of carbonyl (C=O) groups is 1. The third-order valence-corrected chi connectivity index (χ3v) is 4.70. The Morgan fingerprint density at radius 2 is 2.15 bits per heavy atom. The third kappa shape index (κ3) is 3.16. The van der Waals surface area contributed by atoms with Crippen LogP contribution in [0.15, 0.2) is 0 Å². The van der Waals surface area contributed by atoms with Crippen LogP contribution in [0.5, 0.6) is 0 Å². The summed E-state index contributed by atoms with van der Waals surface area (Å²) in [5, 5.41) is 7.28. The Hall–Kier alpha value is -1.47. The number of aryl methyl sites for hydroxylation is 3. The van der Waals surface area contributed by atoms with Gasteiger partial charge in [-0.05, 0) is 33.0 Å². The molecule has 0 atom stereocenters. The molecule has 2 rings (SSSR count). The second kappa shape index (κ2) is 5.88. The van der Waals surface area contributed by atoms with Crippen LogP contribution < -0.4 is 5.32 Å². The fraction of sp³-hybridized carbons (Fsp3) is 0.462. The number of aromatic nitrogens is 3. The zero-order chi connectivity index (χ0) is 14.9. The molecular formula is C13H18N4OS2. The van der Waals surface area contributed by atoms with Gasteiger partial charge in [0.1, 0.15) is 0 Å². The lowest BCUT2D eigenvalue weighted by molar-refractivity contribution is -0.120. The molecule has 0 unspecified atom stereocenters. The van der Waals surface area contributed by atoms with Crippen molar-refractivity contribution in [2.45, 2.75) is 33.7 Å². The fourth-order valence-electron chi connectivity index (χ4n) is 2.07. The van der Waals surface area contributed by atoms with E-state index in [1.165, 1.54) is 11.3 Å². The zero-order valence-corrected chi connectivity index (χ0v) is 13.7. The van der Waals surface area contributed by atoms with Crippen molar-refractivity contribution in [2.75, 3.05) is 0 Å². The molecule has 0 aliphatic rings. The Morgan fingerprint density at radius 3 is 2.65 bits per heavy atom. The second-order valence-corrected chi connectivity index (χ2v) is 6.56. The van der Waals surface area contributed by atoms with Crippen molar-refractivity contribution in [1.29, 1.82) is 0 Å². The van der Waals surface area contributed by atoms with Gasteiger partial charge >= 0.3 is 0 Å². The number of H-pyrrole nitrogens is 1. The van der Waals surface area contributed by atoms with Crippen LogP contribution in [0.4, 0.5) is 0 Å². The lowest BCUT2D eigenvalue weighted by atomic mass is 10.2. The number of nitrogens with zero attached hydrogens (tertiary/aromatic N) is 2. The topological polar surface area (TPSA) is 62.7 Å². The maximum Gasteiger partial charge on any atom is 0.225 e. The molecule has 0 saturated carbocycles. The highest BCUT2D eigenvalue weighted by Crippen LogP contribution is 2.15. The first-order valence-electron chi connectivity index (χ1n) is 6.33. The minimum absolute atomic E-state index is 0.000929. The SMILES string of the molecule is Cc1nn(C)c(C)c1CNC(=O)Cc1sc(=S)[nH]c1C. The normalized spacial score (nSPS) is 10.8. The highest BCUT2D eigenvalue weighted by molar-refractivity contribution is 7.73. The first-order chi connectivity index (χ1) is 9.38. The largest absolute Gasteiger partial charge is 0.352 e. The minimum Gasteiger partial charge on any atom is -0.352 e. The molecule has 0 spiro atoms. The third-order valence-electron chi connectivity index (χ3n) is 3.37. The van der Waals surface area contributed by atoms with Gasteiger partial charge in [-0.25, -0.2) is 0 Å². The van der Waals surface area contributed by atoms with Crippen LogP contribution in [0.25, 0.3) is 0 Å². The number of hydrogen-bond acceptors (Lipinski definition) is 4. The summed E-state index contributed by atoms with van der Waals surface area (Å²) < 4.78 is 2.54. The van der Waals surface area contributed by atoms with Crippen molar-refractivity contribution in [1.82, 2.24) is 20.1 Å². The molecule has 0 aliphatic carbocycles. The average Bonchev–Trinajstić information content (AvgIpc) is 2.78. The summed E-state index contributed by atoms with van der Waals surface area (Å²) in [6, 6.07) is 0. The molecule has 20 heavy (non-hydrogen) atoms. The molecule has 2 aromatic rings. The predicted octanol–water partition coefficient (Wildman–Crippen LogP) is 2.32. The fourth-order valence-corrected chi connectivity index (χ4v) is 3.36. The van der Waals surface area contributed by atoms with Crippen molar-refractivity contribution in [3.05, 3.63) is 31.5 Å². The smallest absolute Gasteiger partial charge is 0.225 e. The first-order valence-corrected chi connectivity index (χ1v) is 7.55. The van der Waals surface area contributed by atoms with Crippen LogP contribution in [0, 0.1) is 24.7 Å². The standard InChI is InChI=1S/C13H18N4OS2/c1-7-10(9(3)17(4)16-7)6-14-12(18)5-11-8(2)15-13(19)20-11/h5-6H2,1-4H3,(H,14,18)(H,15,19). The number of nitrogens with one attached hydrogen (secondary N) is 2. The van der Waals surface area contributed by atoms with Crippen molar-refractivity contribution < 1.29 is 4.79 Å². The molecule has 2 aromatic heterocycles. The Kier molecular flexibility index (Phi) is 4.39.